The van der Waals surface area contributed by atoms with E-state index in [0.29, 0.717) is 5.92 Å². The summed E-state index contributed by atoms with van der Waals surface area (Å²) in [6.45, 7) is 0. The van der Waals surface area contributed by atoms with Crippen LogP contribution in [0.25, 0.3) is 0 Å². The minimum Gasteiger partial charge on any atom is -0.481 e. The van der Waals surface area contributed by atoms with Crippen molar-refractivity contribution in [1.29, 1.82) is 5.26 Å². The van der Waals surface area contributed by atoms with E-state index in [9.17, 15) is 10.1 Å². The highest BCUT2D eigenvalue weighted by Crippen LogP contribution is 2.48. The Labute approximate surface area is 174 Å². The lowest BCUT2D eigenvalue weighted by atomic mass is 9.61. The molecule has 3 nitrogen and oxygen atoms in total. The molecule has 2 aliphatic rings. The van der Waals surface area contributed by atoms with E-state index >= 15 is 0 Å². The monoisotopic (exact) mass is 389 g/mol. The van der Waals surface area contributed by atoms with Gasteiger partial charge in [-0.15, -0.1) is 0 Å². The second kappa shape index (κ2) is 10.3. The first-order chi connectivity index (χ1) is 14.2. The number of nitrogens with zero attached hydrogens (tertiary/aromatic N) is 1. The summed E-state index contributed by atoms with van der Waals surface area (Å²) < 4.78 is 0. The lowest BCUT2D eigenvalue weighted by Crippen LogP contribution is -2.35. The molecule has 0 radical (unpaired) electrons. The summed E-state index contributed by atoms with van der Waals surface area (Å²) in [5, 5.41) is 18.5. The molecule has 152 valence electrons. The van der Waals surface area contributed by atoms with Gasteiger partial charge >= 0.3 is 5.97 Å². The lowest BCUT2D eigenvalue weighted by molar-refractivity contribution is -0.142. The lowest BCUT2D eigenvalue weighted by Gasteiger charge is -2.39. The van der Waals surface area contributed by atoms with Crippen LogP contribution in [-0.2, 0) is 10.2 Å². The van der Waals surface area contributed by atoms with Gasteiger partial charge in [-0.3, -0.25) is 4.79 Å². The summed E-state index contributed by atoms with van der Waals surface area (Å²) in [6.07, 6.45) is 9.67. The predicted octanol–water partition coefficient (Wildman–Crippen LogP) is 6.46. The molecule has 0 saturated heterocycles. The fraction of sp³-hybridized carbons (Fsp3) is 0.462. The minimum absolute atomic E-state index is 0.0289. The van der Waals surface area contributed by atoms with Gasteiger partial charge in [0.15, 0.2) is 0 Å². The molecule has 0 spiro atoms. The molecule has 2 aromatic carbocycles. The van der Waals surface area contributed by atoms with E-state index < -0.39 is 5.97 Å². The van der Waals surface area contributed by atoms with Crippen LogP contribution in [-0.4, -0.2) is 11.1 Å². The highest BCUT2D eigenvalue weighted by atomic mass is 16.4. The van der Waals surface area contributed by atoms with Crippen LogP contribution in [0.1, 0.15) is 74.8 Å². The fourth-order valence-electron chi connectivity index (χ4n) is 4.94. The largest absolute Gasteiger partial charge is 0.481 e. The Morgan fingerprint density at radius 1 is 0.862 bits per heavy atom. The Kier molecular flexibility index (Phi) is 7.47. The van der Waals surface area contributed by atoms with Crippen LogP contribution in [0.5, 0.6) is 0 Å². The van der Waals surface area contributed by atoms with Gasteiger partial charge in [-0.05, 0) is 36.8 Å². The summed E-state index contributed by atoms with van der Waals surface area (Å²) in [6, 6.07) is 23.6. The molecule has 2 aliphatic carbocycles. The summed E-state index contributed by atoms with van der Waals surface area (Å²) >= 11 is 0. The number of hydrogen-bond acceptors (Lipinski definition) is 2. The molecule has 2 saturated carbocycles. The highest BCUT2D eigenvalue weighted by molar-refractivity contribution is 5.69. The third kappa shape index (κ3) is 5.07. The highest BCUT2D eigenvalue weighted by Gasteiger charge is 2.43. The van der Waals surface area contributed by atoms with E-state index in [1.54, 1.807) is 0 Å². The third-order valence-corrected chi connectivity index (χ3v) is 6.55. The predicted molar refractivity (Wildman–Crippen MR) is 116 cm³/mol. The van der Waals surface area contributed by atoms with E-state index in [1.807, 2.05) is 24.3 Å². The number of nitriles is 1. The Hall–Kier alpha value is -2.60. The van der Waals surface area contributed by atoms with Crippen molar-refractivity contribution < 1.29 is 9.90 Å². The van der Waals surface area contributed by atoms with Crippen LogP contribution in [0, 0.1) is 17.2 Å². The van der Waals surface area contributed by atoms with E-state index in [0.717, 1.165) is 44.9 Å². The Morgan fingerprint density at radius 2 is 1.45 bits per heavy atom. The molecule has 0 bridgehead atoms. The standard InChI is InChI=1S/C19H19N.C7H12O2/c20-15-19(17-11-5-2-6-12-17)14-8-7-13-18(19)16-9-3-1-4-10-16;8-7(9)6-4-2-1-3-5-6/h1-6,9-12,18H,7-8,13-14H2;6H,1-5H2,(H,8,9). The molecule has 2 aromatic rings. The second-order valence-corrected chi connectivity index (χ2v) is 8.33. The Morgan fingerprint density at radius 3 is 2.00 bits per heavy atom. The number of carboxylic acid groups (broad SMARTS) is 1. The Balaban J connectivity index is 0.000000224. The van der Waals surface area contributed by atoms with E-state index in [2.05, 4.69) is 42.5 Å². The maximum atomic E-state index is 10.4. The molecular formula is C26H31NO2. The maximum Gasteiger partial charge on any atom is 0.306 e. The van der Waals surface area contributed by atoms with Crippen molar-refractivity contribution in [1.82, 2.24) is 0 Å². The summed E-state index contributed by atoms with van der Waals surface area (Å²) in [4.78, 5) is 10.4. The van der Waals surface area contributed by atoms with Crippen LogP contribution >= 0.6 is 0 Å². The zero-order chi connectivity index (χ0) is 20.5. The van der Waals surface area contributed by atoms with Crippen LogP contribution < -0.4 is 0 Å². The van der Waals surface area contributed by atoms with Gasteiger partial charge in [0.05, 0.1) is 17.4 Å². The summed E-state index contributed by atoms with van der Waals surface area (Å²) in [7, 11) is 0. The summed E-state index contributed by atoms with van der Waals surface area (Å²) in [5.41, 5.74) is 2.12. The van der Waals surface area contributed by atoms with Crippen molar-refractivity contribution in [2.75, 3.05) is 0 Å². The van der Waals surface area contributed by atoms with E-state index in [-0.39, 0.29) is 11.3 Å². The van der Waals surface area contributed by atoms with E-state index in [1.165, 1.54) is 24.0 Å². The van der Waals surface area contributed by atoms with Crippen molar-refractivity contribution in [3.05, 3.63) is 71.8 Å². The number of hydrogen-bond donors (Lipinski definition) is 1. The molecule has 2 unspecified atom stereocenters. The second-order valence-electron chi connectivity index (χ2n) is 8.33. The van der Waals surface area contributed by atoms with Crippen LogP contribution in [0.3, 0.4) is 0 Å². The zero-order valence-electron chi connectivity index (χ0n) is 17.1. The molecule has 1 N–H and O–H groups in total. The summed E-state index contributed by atoms with van der Waals surface area (Å²) in [5.74, 6) is -0.321. The molecule has 2 fully saturated rings. The quantitative estimate of drug-likeness (QED) is 0.655. The number of aliphatic carboxylic acids is 1. The van der Waals surface area contributed by atoms with Crippen molar-refractivity contribution in [2.45, 2.75) is 69.1 Å². The first-order valence-electron chi connectivity index (χ1n) is 10.9. The number of benzene rings is 2. The molecule has 0 amide bonds. The van der Waals surface area contributed by atoms with Gasteiger partial charge in [0.25, 0.3) is 0 Å². The third-order valence-electron chi connectivity index (χ3n) is 6.55. The van der Waals surface area contributed by atoms with Crippen LogP contribution in [0.2, 0.25) is 0 Å². The first kappa shape index (κ1) is 21.1. The maximum absolute atomic E-state index is 10.4. The van der Waals surface area contributed by atoms with Crippen molar-refractivity contribution >= 4 is 5.97 Å². The van der Waals surface area contributed by atoms with Crippen molar-refractivity contribution in [3.8, 4) is 6.07 Å². The number of carbonyl (C=O) groups is 1. The van der Waals surface area contributed by atoms with Gasteiger partial charge in [-0.25, -0.2) is 0 Å². The average molecular weight is 390 g/mol. The van der Waals surface area contributed by atoms with Gasteiger partial charge in [-0.2, -0.15) is 5.26 Å². The van der Waals surface area contributed by atoms with Crippen molar-refractivity contribution in [3.63, 3.8) is 0 Å². The van der Waals surface area contributed by atoms with Gasteiger partial charge in [-0.1, -0.05) is 92.8 Å². The SMILES string of the molecule is N#CC1(c2ccccc2)CCCCC1c1ccccc1.O=C(O)C1CCCCC1. The molecule has 0 heterocycles. The molecule has 0 aliphatic heterocycles. The van der Waals surface area contributed by atoms with E-state index in [4.69, 9.17) is 5.11 Å². The first-order valence-corrected chi connectivity index (χ1v) is 10.9. The molecule has 3 heteroatoms. The van der Waals surface area contributed by atoms with Crippen LogP contribution in [0.4, 0.5) is 0 Å². The zero-order valence-corrected chi connectivity index (χ0v) is 17.1. The smallest absolute Gasteiger partial charge is 0.306 e. The normalized spacial score (nSPS) is 24.6. The van der Waals surface area contributed by atoms with Crippen molar-refractivity contribution in [2.24, 2.45) is 5.92 Å². The topological polar surface area (TPSA) is 61.1 Å². The molecule has 29 heavy (non-hydrogen) atoms. The molecule has 2 atom stereocenters. The number of rotatable bonds is 3. The molecular weight excluding hydrogens is 358 g/mol. The van der Waals surface area contributed by atoms with Gasteiger partial charge in [0, 0.05) is 5.92 Å². The van der Waals surface area contributed by atoms with Gasteiger partial charge in [0.2, 0.25) is 0 Å². The average Bonchev–Trinajstić information content (AvgIpc) is 2.81. The van der Waals surface area contributed by atoms with Crippen LogP contribution in [0.15, 0.2) is 60.7 Å². The Bertz CT molecular complexity index is 806. The van der Waals surface area contributed by atoms with Gasteiger partial charge < -0.3 is 5.11 Å². The minimum atomic E-state index is -0.602. The fourth-order valence-corrected chi connectivity index (χ4v) is 4.94. The number of carboxylic acids is 1. The molecule has 0 aromatic heterocycles. The van der Waals surface area contributed by atoms with Gasteiger partial charge in [0.1, 0.15) is 0 Å². The molecule has 4 rings (SSSR count).